The molecule has 2 aromatic heterocycles. The van der Waals surface area contributed by atoms with Crippen LogP contribution in [0.2, 0.25) is 5.15 Å². The molecule has 0 atom stereocenters. The summed E-state index contributed by atoms with van der Waals surface area (Å²) in [5.41, 5.74) is 1.09. The van der Waals surface area contributed by atoms with Crippen LogP contribution in [0.3, 0.4) is 0 Å². The molecule has 2 rings (SSSR count). The van der Waals surface area contributed by atoms with Crippen molar-refractivity contribution >= 4 is 35.0 Å². The standard InChI is InChI=1S/C13H15ClN4O2S/c1-16(12(19)5-7-21-2)11-9-18(15-13(11)14)10-4-3-6-17(20)8-10/h3-4,6,8-9H,5,7H2,1-2H3. The number of anilines is 1. The number of amides is 1. The number of pyridine rings is 1. The van der Waals surface area contributed by atoms with E-state index in [0.717, 1.165) is 5.75 Å². The lowest BCUT2D eigenvalue weighted by Crippen LogP contribution is -2.26. The highest BCUT2D eigenvalue weighted by Gasteiger charge is 2.18. The van der Waals surface area contributed by atoms with E-state index in [4.69, 9.17) is 11.6 Å². The van der Waals surface area contributed by atoms with Crippen molar-refractivity contribution in [1.82, 2.24) is 9.78 Å². The molecule has 0 radical (unpaired) electrons. The first-order valence-corrected chi connectivity index (χ1v) is 8.00. The van der Waals surface area contributed by atoms with Crippen LogP contribution >= 0.6 is 23.4 Å². The number of rotatable bonds is 5. The maximum absolute atomic E-state index is 12.0. The lowest BCUT2D eigenvalue weighted by atomic mass is 10.4. The maximum Gasteiger partial charge on any atom is 0.227 e. The Balaban J connectivity index is 2.25. The fourth-order valence-electron chi connectivity index (χ4n) is 1.77. The van der Waals surface area contributed by atoms with E-state index in [1.807, 2.05) is 6.26 Å². The average Bonchev–Trinajstić information content (AvgIpc) is 2.86. The summed E-state index contributed by atoms with van der Waals surface area (Å²) in [6.07, 6.45) is 6.78. The van der Waals surface area contributed by atoms with Gasteiger partial charge in [0.15, 0.2) is 11.3 Å². The van der Waals surface area contributed by atoms with E-state index in [0.29, 0.717) is 22.5 Å². The normalized spacial score (nSPS) is 10.6. The van der Waals surface area contributed by atoms with Crippen molar-refractivity contribution in [2.45, 2.75) is 6.42 Å². The average molecular weight is 327 g/mol. The Morgan fingerprint density at radius 1 is 1.62 bits per heavy atom. The SMILES string of the molecule is CSCCC(=O)N(C)c1cn(-c2ccc[n+]([O-])c2)nc1Cl. The van der Waals surface area contributed by atoms with Crippen LogP contribution in [0, 0.1) is 5.21 Å². The quantitative estimate of drug-likeness (QED) is 0.621. The van der Waals surface area contributed by atoms with Gasteiger partial charge in [0.2, 0.25) is 12.1 Å². The molecule has 8 heteroatoms. The molecule has 2 aromatic rings. The van der Waals surface area contributed by atoms with Crippen LogP contribution < -0.4 is 9.63 Å². The van der Waals surface area contributed by atoms with Gasteiger partial charge in [-0.25, -0.2) is 4.68 Å². The van der Waals surface area contributed by atoms with Gasteiger partial charge in [-0.1, -0.05) is 11.6 Å². The molecular weight excluding hydrogens is 312 g/mol. The molecule has 0 saturated heterocycles. The van der Waals surface area contributed by atoms with Crippen LogP contribution in [0.15, 0.2) is 30.7 Å². The molecular formula is C13H15ClN4O2S. The minimum atomic E-state index is -0.0299. The summed E-state index contributed by atoms with van der Waals surface area (Å²) in [6, 6.07) is 3.35. The zero-order chi connectivity index (χ0) is 15.4. The summed E-state index contributed by atoms with van der Waals surface area (Å²) in [4.78, 5) is 13.5. The fraction of sp³-hybridized carbons (Fsp3) is 0.308. The molecule has 0 aliphatic carbocycles. The zero-order valence-electron chi connectivity index (χ0n) is 11.7. The molecule has 1 amide bonds. The van der Waals surface area contributed by atoms with Gasteiger partial charge in [-0.3, -0.25) is 4.79 Å². The molecule has 21 heavy (non-hydrogen) atoms. The minimum absolute atomic E-state index is 0.0299. The van der Waals surface area contributed by atoms with Gasteiger partial charge in [0.1, 0.15) is 11.4 Å². The van der Waals surface area contributed by atoms with Crippen molar-refractivity contribution < 1.29 is 9.52 Å². The Kier molecular flexibility index (Phi) is 5.08. The highest BCUT2D eigenvalue weighted by molar-refractivity contribution is 7.98. The zero-order valence-corrected chi connectivity index (χ0v) is 13.3. The molecule has 0 unspecified atom stereocenters. The summed E-state index contributed by atoms with van der Waals surface area (Å²) in [5, 5.41) is 15.6. The van der Waals surface area contributed by atoms with Gasteiger partial charge in [-0.05, 0) is 12.3 Å². The smallest absolute Gasteiger partial charge is 0.227 e. The van der Waals surface area contributed by atoms with Gasteiger partial charge in [-0.2, -0.15) is 21.6 Å². The Morgan fingerprint density at radius 3 is 3.05 bits per heavy atom. The van der Waals surface area contributed by atoms with E-state index < -0.39 is 0 Å². The summed E-state index contributed by atoms with van der Waals surface area (Å²) in [6.45, 7) is 0. The third-order valence-corrected chi connectivity index (χ3v) is 3.81. The second-order valence-electron chi connectivity index (χ2n) is 4.37. The van der Waals surface area contributed by atoms with Crippen LogP contribution in [-0.2, 0) is 4.79 Å². The van der Waals surface area contributed by atoms with E-state index in [1.165, 1.54) is 22.0 Å². The summed E-state index contributed by atoms with van der Waals surface area (Å²) < 4.78 is 2.16. The second-order valence-corrected chi connectivity index (χ2v) is 5.71. The lowest BCUT2D eigenvalue weighted by Gasteiger charge is -2.14. The Labute approximate surface area is 131 Å². The van der Waals surface area contributed by atoms with Gasteiger partial charge in [0, 0.05) is 25.3 Å². The summed E-state index contributed by atoms with van der Waals surface area (Å²) in [7, 11) is 1.66. The topological polar surface area (TPSA) is 65.1 Å². The van der Waals surface area contributed by atoms with Crippen molar-refractivity contribution in [2.24, 2.45) is 0 Å². The van der Waals surface area contributed by atoms with Crippen molar-refractivity contribution in [1.29, 1.82) is 0 Å². The van der Waals surface area contributed by atoms with Gasteiger partial charge >= 0.3 is 0 Å². The molecule has 112 valence electrons. The molecule has 0 aliphatic heterocycles. The Hall–Kier alpha value is -1.73. The monoisotopic (exact) mass is 326 g/mol. The number of nitrogens with zero attached hydrogens (tertiary/aromatic N) is 4. The molecule has 0 aromatic carbocycles. The predicted molar refractivity (Wildman–Crippen MR) is 83.9 cm³/mol. The van der Waals surface area contributed by atoms with Crippen molar-refractivity contribution in [3.05, 3.63) is 41.1 Å². The number of halogens is 1. The van der Waals surface area contributed by atoms with Crippen molar-refractivity contribution in [2.75, 3.05) is 24.0 Å². The van der Waals surface area contributed by atoms with Crippen LogP contribution in [0.25, 0.3) is 5.69 Å². The molecule has 0 spiro atoms. The Morgan fingerprint density at radius 2 is 2.38 bits per heavy atom. The first-order chi connectivity index (χ1) is 10.0. The highest BCUT2D eigenvalue weighted by atomic mass is 35.5. The van der Waals surface area contributed by atoms with Crippen molar-refractivity contribution in [3.63, 3.8) is 0 Å². The first kappa shape index (κ1) is 15.7. The van der Waals surface area contributed by atoms with Crippen LogP contribution in [0.4, 0.5) is 5.69 Å². The number of thioether (sulfide) groups is 1. The number of hydrogen-bond acceptors (Lipinski definition) is 4. The van der Waals surface area contributed by atoms with E-state index >= 15 is 0 Å². The molecule has 0 fully saturated rings. The Bertz CT molecular complexity index is 647. The number of hydrogen-bond donors (Lipinski definition) is 0. The number of aromatic nitrogens is 3. The lowest BCUT2D eigenvalue weighted by molar-refractivity contribution is -0.605. The third kappa shape index (κ3) is 3.68. The van der Waals surface area contributed by atoms with Crippen LogP contribution in [-0.4, -0.2) is 34.7 Å². The van der Waals surface area contributed by atoms with Crippen molar-refractivity contribution in [3.8, 4) is 5.69 Å². The second kappa shape index (κ2) is 6.82. The number of carbonyl (C=O) groups excluding carboxylic acids is 1. The van der Waals surface area contributed by atoms with Gasteiger partial charge in [-0.15, -0.1) is 0 Å². The first-order valence-electron chi connectivity index (χ1n) is 6.23. The van der Waals surface area contributed by atoms with Crippen LogP contribution in [0.1, 0.15) is 6.42 Å². The van der Waals surface area contributed by atoms with Gasteiger partial charge < -0.3 is 10.1 Å². The fourth-order valence-corrected chi connectivity index (χ4v) is 2.41. The molecule has 2 heterocycles. The summed E-state index contributed by atoms with van der Waals surface area (Å²) >= 11 is 7.70. The largest absolute Gasteiger partial charge is 0.619 e. The summed E-state index contributed by atoms with van der Waals surface area (Å²) in [5.74, 6) is 0.724. The molecule has 0 N–H and O–H groups in total. The van der Waals surface area contributed by atoms with E-state index in [1.54, 1.807) is 37.1 Å². The molecule has 0 aliphatic rings. The minimum Gasteiger partial charge on any atom is -0.619 e. The molecule has 0 saturated carbocycles. The van der Waals surface area contributed by atoms with E-state index in [-0.39, 0.29) is 11.1 Å². The molecule has 6 nitrogen and oxygen atoms in total. The predicted octanol–water partition coefficient (Wildman–Crippen LogP) is 1.87. The van der Waals surface area contributed by atoms with E-state index in [9.17, 15) is 10.0 Å². The molecule has 0 bridgehead atoms. The van der Waals surface area contributed by atoms with Crippen LogP contribution in [0.5, 0.6) is 0 Å². The third-order valence-electron chi connectivity index (χ3n) is 2.93. The number of carbonyl (C=O) groups is 1. The van der Waals surface area contributed by atoms with Gasteiger partial charge in [0.25, 0.3) is 0 Å². The van der Waals surface area contributed by atoms with Gasteiger partial charge in [0.05, 0.1) is 6.20 Å². The highest BCUT2D eigenvalue weighted by Crippen LogP contribution is 2.25. The maximum atomic E-state index is 12.0. The van der Waals surface area contributed by atoms with E-state index in [2.05, 4.69) is 5.10 Å².